The van der Waals surface area contributed by atoms with Crippen LogP contribution in [0.1, 0.15) is 18.1 Å². The van der Waals surface area contributed by atoms with Crippen molar-refractivity contribution in [3.8, 4) is 12.1 Å². The van der Waals surface area contributed by atoms with E-state index in [1.54, 1.807) is 37.3 Å². The molecule has 3 amide bonds. The maximum atomic E-state index is 12.2. The van der Waals surface area contributed by atoms with Gasteiger partial charge in [0.2, 0.25) is 0 Å². The number of nitriles is 2. The molecule has 1 atom stereocenters. The van der Waals surface area contributed by atoms with Gasteiger partial charge in [-0.05, 0) is 24.6 Å². The SMILES string of the molecule is CC1(c2cccc(C#N)c2)NC(=O)N(CC#N)C1=O. The number of benzene rings is 1. The second kappa shape index (κ2) is 4.43. The van der Waals surface area contributed by atoms with Crippen molar-refractivity contribution in [1.82, 2.24) is 10.2 Å². The maximum absolute atomic E-state index is 12.2. The van der Waals surface area contributed by atoms with Crippen LogP contribution in [0.15, 0.2) is 24.3 Å². The molecule has 1 aromatic carbocycles. The molecule has 0 saturated carbocycles. The molecule has 6 heteroatoms. The van der Waals surface area contributed by atoms with Gasteiger partial charge in [-0.1, -0.05) is 12.1 Å². The van der Waals surface area contributed by atoms with Crippen molar-refractivity contribution in [3.05, 3.63) is 35.4 Å². The largest absolute Gasteiger partial charge is 0.326 e. The molecule has 1 aliphatic heterocycles. The van der Waals surface area contributed by atoms with Gasteiger partial charge in [0.1, 0.15) is 12.1 Å². The summed E-state index contributed by atoms with van der Waals surface area (Å²) in [4.78, 5) is 24.8. The summed E-state index contributed by atoms with van der Waals surface area (Å²) in [6, 6.07) is 9.62. The van der Waals surface area contributed by atoms with Crippen LogP contribution < -0.4 is 5.32 Å². The zero-order valence-corrected chi connectivity index (χ0v) is 10.2. The van der Waals surface area contributed by atoms with Crippen LogP contribution in [0.4, 0.5) is 4.79 Å². The minimum Gasteiger partial charge on any atom is -0.319 e. The van der Waals surface area contributed by atoms with Gasteiger partial charge < -0.3 is 5.32 Å². The van der Waals surface area contributed by atoms with Crippen molar-refractivity contribution in [2.45, 2.75) is 12.5 Å². The predicted octanol–water partition coefficient (Wildman–Crippen LogP) is 0.849. The lowest BCUT2D eigenvalue weighted by molar-refractivity contribution is -0.130. The molecule has 19 heavy (non-hydrogen) atoms. The highest BCUT2D eigenvalue weighted by atomic mass is 16.2. The first-order valence-corrected chi connectivity index (χ1v) is 5.54. The second-order valence-corrected chi connectivity index (χ2v) is 4.30. The Labute approximate surface area is 109 Å². The van der Waals surface area contributed by atoms with Crippen LogP contribution >= 0.6 is 0 Å². The van der Waals surface area contributed by atoms with E-state index in [0.717, 1.165) is 4.90 Å². The third kappa shape index (κ3) is 1.90. The molecule has 2 rings (SSSR count). The number of imide groups is 1. The summed E-state index contributed by atoms with van der Waals surface area (Å²) < 4.78 is 0. The van der Waals surface area contributed by atoms with E-state index in [2.05, 4.69) is 5.32 Å². The third-order valence-corrected chi connectivity index (χ3v) is 3.07. The van der Waals surface area contributed by atoms with Crippen LogP contribution in [-0.4, -0.2) is 23.4 Å². The number of hydrogen-bond donors (Lipinski definition) is 1. The maximum Gasteiger partial charge on any atom is 0.326 e. The molecule has 1 N–H and O–H groups in total. The molecule has 0 aromatic heterocycles. The Hall–Kier alpha value is -2.86. The van der Waals surface area contributed by atoms with E-state index in [9.17, 15) is 9.59 Å². The fourth-order valence-corrected chi connectivity index (χ4v) is 2.01. The van der Waals surface area contributed by atoms with Crippen molar-refractivity contribution in [1.29, 1.82) is 10.5 Å². The van der Waals surface area contributed by atoms with Gasteiger partial charge in [0, 0.05) is 0 Å². The lowest BCUT2D eigenvalue weighted by Gasteiger charge is -2.21. The fraction of sp³-hybridized carbons (Fsp3) is 0.231. The molecule has 0 aliphatic carbocycles. The molecular weight excluding hydrogens is 244 g/mol. The summed E-state index contributed by atoms with van der Waals surface area (Å²) in [5.74, 6) is -0.492. The van der Waals surface area contributed by atoms with E-state index < -0.39 is 17.5 Å². The molecule has 1 aliphatic rings. The molecule has 94 valence electrons. The zero-order valence-electron chi connectivity index (χ0n) is 10.2. The number of nitrogens with one attached hydrogen (secondary N) is 1. The van der Waals surface area contributed by atoms with Gasteiger partial charge in [0.05, 0.1) is 17.7 Å². The second-order valence-electron chi connectivity index (χ2n) is 4.30. The Balaban J connectivity index is 2.44. The molecule has 6 nitrogen and oxygen atoms in total. The molecule has 1 fully saturated rings. The van der Waals surface area contributed by atoms with Gasteiger partial charge in [0.15, 0.2) is 0 Å². The molecule has 1 heterocycles. The van der Waals surface area contributed by atoms with Gasteiger partial charge in [-0.15, -0.1) is 0 Å². The molecule has 1 saturated heterocycles. The van der Waals surface area contributed by atoms with Crippen LogP contribution in [-0.2, 0) is 10.3 Å². The van der Waals surface area contributed by atoms with Crippen molar-refractivity contribution >= 4 is 11.9 Å². The van der Waals surface area contributed by atoms with Crippen LogP contribution in [0.25, 0.3) is 0 Å². The number of nitrogens with zero attached hydrogens (tertiary/aromatic N) is 3. The highest BCUT2D eigenvalue weighted by Gasteiger charge is 2.48. The summed E-state index contributed by atoms with van der Waals surface area (Å²) in [6.07, 6.45) is 0. The average Bonchev–Trinajstić information content (AvgIpc) is 2.64. The molecule has 0 radical (unpaired) electrons. The Morgan fingerprint density at radius 1 is 1.37 bits per heavy atom. The van der Waals surface area contributed by atoms with E-state index in [4.69, 9.17) is 10.5 Å². The lowest BCUT2D eigenvalue weighted by atomic mass is 9.91. The number of hydrogen-bond acceptors (Lipinski definition) is 4. The molecular formula is C13H10N4O2. The number of urea groups is 1. The Bertz CT molecular complexity index is 641. The average molecular weight is 254 g/mol. The Kier molecular flexibility index (Phi) is 2.94. The van der Waals surface area contributed by atoms with Gasteiger partial charge in [-0.2, -0.15) is 10.5 Å². The van der Waals surface area contributed by atoms with Gasteiger partial charge in [0.25, 0.3) is 5.91 Å². The topological polar surface area (TPSA) is 97.0 Å². The lowest BCUT2D eigenvalue weighted by Crippen LogP contribution is -2.41. The summed E-state index contributed by atoms with van der Waals surface area (Å²) in [5.41, 5.74) is -0.314. The zero-order chi connectivity index (χ0) is 14.0. The van der Waals surface area contributed by atoms with Crippen LogP contribution in [0.5, 0.6) is 0 Å². The number of carbonyl (C=O) groups excluding carboxylic acids is 2. The van der Waals surface area contributed by atoms with Gasteiger partial charge in [-0.25, -0.2) is 9.69 Å². The third-order valence-electron chi connectivity index (χ3n) is 3.07. The Morgan fingerprint density at radius 2 is 2.11 bits per heavy atom. The molecule has 1 unspecified atom stereocenters. The summed E-state index contributed by atoms with van der Waals surface area (Å²) in [7, 11) is 0. The van der Waals surface area contributed by atoms with Crippen LogP contribution in [0.2, 0.25) is 0 Å². The highest BCUT2D eigenvalue weighted by Crippen LogP contribution is 2.28. The van der Waals surface area contributed by atoms with Gasteiger partial charge in [-0.3, -0.25) is 4.79 Å². The summed E-state index contributed by atoms with van der Waals surface area (Å²) >= 11 is 0. The molecule has 1 aromatic rings. The highest BCUT2D eigenvalue weighted by molar-refractivity contribution is 6.07. The first-order chi connectivity index (χ1) is 9.02. The Morgan fingerprint density at radius 3 is 2.74 bits per heavy atom. The van der Waals surface area contributed by atoms with Crippen molar-refractivity contribution in [2.75, 3.05) is 6.54 Å². The standard InChI is InChI=1S/C13H10N4O2/c1-13(10-4-2-3-9(7-10)8-15)11(18)17(6-5-14)12(19)16-13/h2-4,7H,6H2,1H3,(H,16,19). The first-order valence-electron chi connectivity index (χ1n) is 5.54. The number of carbonyl (C=O) groups is 2. The van der Waals surface area contributed by atoms with Crippen molar-refractivity contribution in [3.63, 3.8) is 0 Å². The predicted molar refractivity (Wildman–Crippen MR) is 64.4 cm³/mol. The smallest absolute Gasteiger partial charge is 0.319 e. The number of rotatable bonds is 2. The number of amides is 3. The van der Waals surface area contributed by atoms with E-state index in [-0.39, 0.29) is 6.54 Å². The quantitative estimate of drug-likeness (QED) is 0.624. The minimum absolute atomic E-state index is 0.293. The van der Waals surface area contributed by atoms with Gasteiger partial charge >= 0.3 is 6.03 Å². The minimum atomic E-state index is -1.24. The van der Waals surface area contributed by atoms with E-state index in [1.165, 1.54) is 0 Å². The van der Waals surface area contributed by atoms with E-state index >= 15 is 0 Å². The van der Waals surface area contributed by atoms with E-state index in [0.29, 0.717) is 11.1 Å². The summed E-state index contributed by atoms with van der Waals surface area (Å²) in [6.45, 7) is 1.26. The molecule has 0 bridgehead atoms. The van der Waals surface area contributed by atoms with Crippen molar-refractivity contribution < 1.29 is 9.59 Å². The first kappa shape index (κ1) is 12.6. The fourth-order valence-electron chi connectivity index (χ4n) is 2.01. The van der Waals surface area contributed by atoms with Crippen molar-refractivity contribution in [2.24, 2.45) is 0 Å². The molecule has 0 spiro atoms. The summed E-state index contributed by atoms with van der Waals surface area (Å²) in [5, 5.41) is 20.0. The van der Waals surface area contributed by atoms with E-state index in [1.807, 2.05) is 6.07 Å². The van der Waals surface area contributed by atoms with Crippen LogP contribution in [0.3, 0.4) is 0 Å². The monoisotopic (exact) mass is 254 g/mol. The normalized spacial score (nSPS) is 21.7. The van der Waals surface area contributed by atoms with Crippen LogP contribution in [0, 0.1) is 22.7 Å².